The summed E-state index contributed by atoms with van der Waals surface area (Å²) in [6, 6.07) is 24.9. The van der Waals surface area contributed by atoms with Gasteiger partial charge < -0.3 is 10.6 Å². The van der Waals surface area contributed by atoms with E-state index >= 15 is 0 Å². The number of hydrogen-bond acceptors (Lipinski definition) is 1. The van der Waals surface area contributed by atoms with E-state index in [4.69, 9.17) is 12.2 Å². The van der Waals surface area contributed by atoms with E-state index in [1.807, 2.05) is 18.2 Å². The molecule has 26 heavy (non-hydrogen) atoms. The van der Waals surface area contributed by atoms with Crippen molar-refractivity contribution in [2.24, 2.45) is 0 Å². The Bertz CT molecular complexity index is 909. The van der Waals surface area contributed by atoms with Gasteiger partial charge in [0.2, 0.25) is 0 Å². The number of hydrogen-bond donors (Lipinski definition) is 2. The van der Waals surface area contributed by atoms with Crippen LogP contribution >= 0.6 is 28.1 Å². The van der Waals surface area contributed by atoms with Gasteiger partial charge in [-0.05, 0) is 66.5 Å². The van der Waals surface area contributed by atoms with Crippen molar-refractivity contribution in [2.45, 2.75) is 19.9 Å². The fraction of sp³-hybridized carbons (Fsp3) is 0.136. The van der Waals surface area contributed by atoms with Crippen molar-refractivity contribution < 1.29 is 0 Å². The van der Waals surface area contributed by atoms with Gasteiger partial charge in [-0.15, -0.1) is 0 Å². The van der Waals surface area contributed by atoms with E-state index in [-0.39, 0.29) is 6.04 Å². The van der Waals surface area contributed by atoms with Crippen molar-refractivity contribution >= 4 is 38.9 Å². The molecule has 0 amide bonds. The summed E-state index contributed by atoms with van der Waals surface area (Å²) in [6.45, 7) is 4.19. The largest absolute Gasteiger partial charge is 0.352 e. The van der Waals surface area contributed by atoms with Crippen molar-refractivity contribution in [3.05, 3.63) is 99.5 Å². The maximum atomic E-state index is 5.60. The standard InChI is InChI=1S/C22H21BrN2S/c1-15-8-6-7-11-19(15)21(17-9-4-3-5-10-17)25-22(26)24-18-12-13-20(23)16(2)14-18/h3-14,21H,1-2H3,(H2,24,25,26)/t21-/m0/s1. The molecule has 1 atom stereocenters. The minimum atomic E-state index is -0.00561. The maximum Gasteiger partial charge on any atom is 0.171 e. The first-order chi connectivity index (χ1) is 12.5. The summed E-state index contributed by atoms with van der Waals surface area (Å²) >= 11 is 9.13. The number of anilines is 1. The molecule has 3 rings (SSSR count). The van der Waals surface area contributed by atoms with Gasteiger partial charge in [0.05, 0.1) is 6.04 Å². The third-order valence-electron chi connectivity index (χ3n) is 4.32. The van der Waals surface area contributed by atoms with Crippen LogP contribution in [0, 0.1) is 13.8 Å². The summed E-state index contributed by atoms with van der Waals surface area (Å²) in [5.74, 6) is 0. The third-order valence-corrected chi connectivity index (χ3v) is 5.43. The van der Waals surface area contributed by atoms with Gasteiger partial charge in [0.25, 0.3) is 0 Å². The third kappa shape index (κ3) is 4.51. The average molecular weight is 425 g/mol. The first-order valence-corrected chi connectivity index (χ1v) is 9.69. The molecule has 3 aromatic rings. The zero-order valence-electron chi connectivity index (χ0n) is 14.8. The molecule has 0 spiro atoms. The highest BCUT2D eigenvalue weighted by molar-refractivity contribution is 9.10. The predicted molar refractivity (Wildman–Crippen MR) is 118 cm³/mol. The normalized spacial score (nSPS) is 11.7. The molecule has 0 bridgehead atoms. The Labute approximate surface area is 168 Å². The van der Waals surface area contributed by atoms with Crippen LogP contribution in [0.3, 0.4) is 0 Å². The van der Waals surface area contributed by atoms with Crippen molar-refractivity contribution in [3.63, 3.8) is 0 Å². The van der Waals surface area contributed by atoms with Crippen LogP contribution in [-0.4, -0.2) is 5.11 Å². The molecule has 2 N–H and O–H groups in total. The lowest BCUT2D eigenvalue weighted by Gasteiger charge is -2.23. The second kappa shape index (κ2) is 8.47. The fourth-order valence-corrected chi connectivity index (χ4v) is 3.40. The van der Waals surface area contributed by atoms with Gasteiger partial charge in [0.15, 0.2) is 5.11 Å². The van der Waals surface area contributed by atoms with Gasteiger partial charge in [0.1, 0.15) is 0 Å². The molecule has 0 heterocycles. The first-order valence-electron chi connectivity index (χ1n) is 8.49. The minimum Gasteiger partial charge on any atom is -0.352 e. The first kappa shape index (κ1) is 18.6. The molecule has 132 valence electrons. The highest BCUT2D eigenvalue weighted by atomic mass is 79.9. The average Bonchev–Trinajstić information content (AvgIpc) is 2.64. The number of benzene rings is 3. The summed E-state index contributed by atoms with van der Waals surface area (Å²) in [5, 5.41) is 7.38. The molecule has 0 fully saturated rings. The van der Waals surface area contributed by atoms with E-state index < -0.39 is 0 Å². The van der Waals surface area contributed by atoms with E-state index in [0.717, 1.165) is 15.7 Å². The quantitative estimate of drug-likeness (QED) is 0.491. The van der Waals surface area contributed by atoms with Crippen LogP contribution in [0.15, 0.2) is 77.3 Å². The molecule has 0 saturated carbocycles. The van der Waals surface area contributed by atoms with E-state index in [1.165, 1.54) is 16.7 Å². The van der Waals surface area contributed by atoms with Crippen LogP contribution < -0.4 is 10.6 Å². The Balaban J connectivity index is 1.85. The lowest BCUT2D eigenvalue weighted by Crippen LogP contribution is -2.33. The van der Waals surface area contributed by atoms with Gasteiger partial charge in [0, 0.05) is 10.2 Å². The van der Waals surface area contributed by atoms with E-state index in [9.17, 15) is 0 Å². The van der Waals surface area contributed by atoms with E-state index in [2.05, 4.69) is 95.0 Å². The Morgan fingerprint density at radius 1 is 0.885 bits per heavy atom. The van der Waals surface area contributed by atoms with Crippen molar-refractivity contribution in [1.29, 1.82) is 0 Å². The van der Waals surface area contributed by atoms with Crippen LogP contribution in [-0.2, 0) is 0 Å². The summed E-state index contributed by atoms with van der Waals surface area (Å²) in [6.07, 6.45) is 0. The molecule has 0 aliphatic carbocycles. The Kier molecular flexibility index (Phi) is 6.07. The summed E-state index contributed by atoms with van der Waals surface area (Å²) in [5.41, 5.74) is 5.76. The smallest absolute Gasteiger partial charge is 0.171 e. The van der Waals surface area contributed by atoms with Crippen LogP contribution in [0.2, 0.25) is 0 Å². The number of halogens is 1. The van der Waals surface area contributed by atoms with Crippen molar-refractivity contribution in [2.75, 3.05) is 5.32 Å². The highest BCUT2D eigenvalue weighted by Gasteiger charge is 2.17. The molecule has 0 aromatic heterocycles. The zero-order valence-corrected chi connectivity index (χ0v) is 17.2. The topological polar surface area (TPSA) is 24.1 Å². The zero-order chi connectivity index (χ0) is 18.5. The fourth-order valence-electron chi connectivity index (χ4n) is 2.92. The van der Waals surface area contributed by atoms with E-state index in [1.54, 1.807) is 0 Å². The maximum absolute atomic E-state index is 5.60. The molecule has 0 unspecified atom stereocenters. The molecule has 0 radical (unpaired) electrons. The molecule has 0 aliphatic rings. The lowest BCUT2D eigenvalue weighted by atomic mass is 9.95. The molecular weight excluding hydrogens is 404 g/mol. The molecule has 4 heteroatoms. The highest BCUT2D eigenvalue weighted by Crippen LogP contribution is 2.25. The second-order valence-electron chi connectivity index (χ2n) is 6.26. The number of nitrogens with one attached hydrogen (secondary N) is 2. The SMILES string of the molecule is Cc1cc(NC(=S)N[C@@H](c2ccccc2)c2ccccc2C)ccc1Br. The van der Waals surface area contributed by atoms with Crippen LogP contribution in [0.4, 0.5) is 5.69 Å². The number of thiocarbonyl (C=S) groups is 1. The monoisotopic (exact) mass is 424 g/mol. The predicted octanol–water partition coefficient (Wildman–Crippen LogP) is 6.14. The van der Waals surface area contributed by atoms with Gasteiger partial charge in [-0.2, -0.15) is 0 Å². The van der Waals surface area contributed by atoms with E-state index in [0.29, 0.717) is 5.11 Å². The summed E-state index contributed by atoms with van der Waals surface area (Å²) in [4.78, 5) is 0. The second-order valence-corrected chi connectivity index (χ2v) is 7.53. The Morgan fingerprint density at radius 3 is 2.27 bits per heavy atom. The molecular formula is C22H21BrN2S. The molecule has 0 saturated heterocycles. The van der Waals surface area contributed by atoms with Gasteiger partial charge in [-0.3, -0.25) is 0 Å². The minimum absolute atomic E-state index is 0.00561. The van der Waals surface area contributed by atoms with Gasteiger partial charge >= 0.3 is 0 Å². The van der Waals surface area contributed by atoms with Crippen LogP contribution in [0.1, 0.15) is 28.3 Å². The van der Waals surface area contributed by atoms with Gasteiger partial charge in [-0.1, -0.05) is 70.5 Å². The molecule has 3 aromatic carbocycles. The van der Waals surface area contributed by atoms with Crippen molar-refractivity contribution in [3.8, 4) is 0 Å². The molecule has 2 nitrogen and oxygen atoms in total. The molecule has 0 aliphatic heterocycles. The van der Waals surface area contributed by atoms with Crippen molar-refractivity contribution in [1.82, 2.24) is 5.32 Å². The number of rotatable bonds is 4. The number of aryl methyl sites for hydroxylation is 2. The summed E-state index contributed by atoms with van der Waals surface area (Å²) < 4.78 is 1.09. The Morgan fingerprint density at radius 2 is 1.58 bits per heavy atom. The summed E-state index contributed by atoms with van der Waals surface area (Å²) in [7, 11) is 0. The van der Waals surface area contributed by atoms with Gasteiger partial charge in [-0.25, -0.2) is 0 Å². The van der Waals surface area contributed by atoms with Crippen LogP contribution in [0.25, 0.3) is 0 Å². The van der Waals surface area contributed by atoms with Crippen LogP contribution in [0.5, 0.6) is 0 Å². The Hall–Kier alpha value is -2.17. The lowest BCUT2D eigenvalue weighted by molar-refractivity contribution is 0.762.